The van der Waals surface area contributed by atoms with Gasteiger partial charge in [-0.2, -0.15) is 0 Å². The lowest BCUT2D eigenvalue weighted by Crippen LogP contribution is -2.58. The second-order valence-corrected chi connectivity index (χ2v) is 7.49. The molecule has 0 aromatic carbocycles. The summed E-state index contributed by atoms with van der Waals surface area (Å²) in [7, 11) is 1.28. The molecule has 0 amide bonds. The summed E-state index contributed by atoms with van der Waals surface area (Å²) in [4.78, 5) is 25.9. The van der Waals surface area contributed by atoms with Crippen LogP contribution in [0, 0.1) is 5.41 Å². The third-order valence-corrected chi connectivity index (χ3v) is 5.69. The number of aromatic nitrogens is 1. The Morgan fingerprint density at radius 1 is 1.37 bits per heavy atom. The molecule has 2 aliphatic heterocycles. The van der Waals surface area contributed by atoms with E-state index in [-0.39, 0.29) is 18.6 Å². The molecule has 0 unspecified atom stereocenters. The van der Waals surface area contributed by atoms with Gasteiger partial charge >= 0.3 is 12.1 Å². The molecule has 2 fully saturated rings. The van der Waals surface area contributed by atoms with Crippen molar-refractivity contribution in [2.24, 2.45) is 10.5 Å². The number of fused-ring (bicyclic) bond motifs is 2. The SMILES string of the molecule is COC(=O)C1(COC(=O)Oc2c([O-])cc[n+]3c2=C([O-])N2CCOC[C@H]2N=3)CCCC1. The third kappa shape index (κ3) is 3.49. The minimum Gasteiger partial charge on any atom is -0.870 e. The molecule has 11 heteroatoms. The van der Waals surface area contributed by atoms with Crippen molar-refractivity contribution < 1.29 is 43.1 Å². The first-order chi connectivity index (χ1) is 14.4. The molecular formula is C19H22N3O8-. The van der Waals surface area contributed by atoms with E-state index in [0.29, 0.717) is 26.0 Å². The molecule has 1 atom stereocenters. The number of carbonyl (C=O) groups is 2. The lowest BCUT2D eigenvalue weighted by atomic mass is 9.87. The van der Waals surface area contributed by atoms with Gasteiger partial charge in [0.15, 0.2) is 0 Å². The van der Waals surface area contributed by atoms with E-state index < -0.39 is 41.1 Å². The zero-order chi connectivity index (χ0) is 21.3. The molecule has 11 nitrogen and oxygen atoms in total. The number of hydrogen-bond donors (Lipinski definition) is 0. The molecule has 0 bridgehead atoms. The Hall–Kier alpha value is -3.08. The smallest absolute Gasteiger partial charge is 0.514 e. The van der Waals surface area contributed by atoms with Crippen molar-refractivity contribution in [3.8, 4) is 11.5 Å². The van der Waals surface area contributed by atoms with Crippen LogP contribution in [0.2, 0.25) is 0 Å². The number of pyridine rings is 1. The number of methoxy groups -OCH3 is 1. The van der Waals surface area contributed by atoms with E-state index in [0.717, 1.165) is 18.9 Å². The number of esters is 1. The van der Waals surface area contributed by atoms with E-state index in [1.807, 2.05) is 0 Å². The molecule has 1 aromatic heterocycles. The molecule has 0 N–H and O–H groups in total. The maximum Gasteiger partial charge on any atom is 0.514 e. The molecule has 3 heterocycles. The minimum absolute atomic E-state index is 0.152. The summed E-state index contributed by atoms with van der Waals surface area (Å²) in [6.07, 6.45) is 2.36. The average Bonchev–Trinajstić information content (AvgIpc) is 3.24. The Bertz CT molecular complexity index is 973. The van der Waals surface area contributed by atoms with Gasteiger partial charge in [-0.15, -0.1) is 0 Å². The zero-order valence-corrected chi connectivity index (χ0v) is 16.5. The fourth-order valence-corrected chi connectivity index (χ4v) is 4.09. The minimum atomic E-state index is -1.17. The van der Waals surface area contributed by atoms with Crippen molar-refractivity contribution in [3.63, 3.8) is 0 Å². The van der Waals surface area contributed by atoms with E-state index >= 15 is 0 Å². The van der Waals surface area contributed by atoms with Crippen molar-refractivity contribution in [2.45, 2.75) is 31.8 Å². The number of morpholine rings is 1. The maximum atomic E-state index is 12.9. The van der Waals surface area contributed by atoms with Gasteiger partial charge < -0.3 is 34.1 Å². The van der Waals surface area contributed by atoms with Gasteiger partial charge in [-0.1, -0.05) is 23.0 Å². The highest BCUT2D eigenvalue weighted by molar-refractivity contribution is 5.77. The summed E-state index contributed by atoms with van der Waals surface area (Å²) >= 11 is 0. The molecule has 3 aliphatic rings. The van der Waals surface area contributed by atoms with Crippen LogP contribution < -0.4 is 24.7 Å². The summed E-state index contributed by atoms with van der Waals surface area (Å²) < 4.78 is 21.7. The van der Waals surface area contributed by atoms with E-state index in [9.17, 15) is 19.8 Å². The number of hydrogen-bond acceptors (Lipinski definition) is 10. The number of carbonyl (C=O) groups excluding carboxylic acids is 2. The monoisotopic (exact) mass is 420 g/mol. The van der Waals surface area contributed by atoms with Crippen molar-refractivity contribution in [3.05, 3.63) is 17.6 Å². The molecular weight excluding hydrogens is 398 g/mol. The molecule has 1 saturated carbocycles. The maximum absolute atomic E-state index is 12.9. The summed E-state index contributed by atoms with van der Waals surface area (Å²) in [5, 5.41) is 29.5. The Kier molecular flexibility index (Phi) is 5.37. The zero-order valence-electron chi connectivity index (χ0n) is 16.5. The van der Waals surface area contributed by atoms with Crippen molar-refractivity contribution in [1.29, 1.82) is 0 Å². The van der Waals surface area contributed by atoms with Crippen LogP contribution in [0.5, 0.6) is 11.5 Å². The number of ether oxygens (including phenoxy) is 4. The standard InChI is InChI=1S/C19H22N3O8/c1-27-17(25)19(5-2-3-6-19)11-29-18(26)30-15-12(23)4-7-22-14(15)16(24)21-8-9-28-10-13(21)20-22/h4,7,13H,2-3,5-6,8-11H2,1H3/q-1/t13-/m0/s1. The molecule has 1 aromatic rings. The molecule has 30 heavy (non-hydrogen) atoms. The van der Waals surface area contributed by atoms with Crippen molar-refractivity contribution in [1.82, 2.24) is 4.90 Å². The fourth-order valence-electron chi connectivity index (χ4n) is 4.09. The first-order valence-electron chi connectivity index (χ1n) is 9.74. The first kappa shape index (κ1) is 20.2. The summed E-state index contributed by atoms with van der Waals surface area (Å²) in [6, 6.07) is 1.15. The quantitative estimate of drug-likeness (QED) is 0.417. The predicted octanol–water partition coefficient (Wildman–Crippen LogP) is -1.57. The van der Waals surface area contributed by atoms with Crippen LogP contribution in [0.25, 0.3) is 5.88 Å². The van der Waals surface area contributed by atoms with Gasteiger partial charge in [-0.25, -0.2) is 4.79 Å². The topological polar surface area (TPSA) is 139 Å². The van der Waals surface area contributed by atoms with Crippen LogP contribution in [0.3, 0.4) is 0 Å². The van der Waals surface area contributed by atoms with E-state index in [1.165, 1.54) is 22.6 Å². The lowest BCUT2D eigenvalue weighted by Gasteiger charge is -2.37. The average molecular weight is 420 g/mol. The molecule has 0 spiro atoms. The summed E-state index contributed by atoms with van der Waals surface area (Å²) in [6.45, 7) is 0.675. The largest absolute Gasteiger partial charge is 0.870 e. The lowest BCUT2D eigenvalue weighted by molar-refractivity contribution is -0.580. The fraction of sp³-hybridized carbons (Fsp3) is 0.579. The van der Waals surface area contributed by atoms with Gasteiger partial charge in [-0.3, -0.25) is 4.79 Å². The Balaban J connectivity index is 1.58. The Morgan fingerprint density at radius 3 is 2.87 bits per heavy atom. The van der Waals surface area contributed by atoms with E-state index in [4.69, 9.17) is 18.9 Å². The van der Waals surface area contributed by atoms with Crippen molar-refractivity contribution >= 4 is 18.0 Å². The summed E-state index contributed by atoms with van der Waals surface area (Å²) in [5.74, 6) is -2.05. The van der Waals surface area contributed by atoms with Crippen LogP contribution >= 0.6 is 0 Å². The predicted molar refractivity (Wildman–Crippen MR) is 93.1 cm³/mol. The molecule has 0 radical (unpaired) electrons. The second kappa shape index (κ2) is 7.98. The van der Waals surface area contributed by atoms with Crippen LogP contribution in [0.1, 0.15) is 25.7 Å². The van der Waals surface area contributed by atoms with Gasteiger partial charge in [-0.05, 0) is 18.0 Å². The highest BCUT2D eigenvalue weighted by Gasteiger charge is 2.44. The van der Waals surface area contributed by atoms with Crippen LogP contribution in [0.15, 0.2) is 17.4 Å². The van der Waals surface area contributed by atoms with Crippen molar-refractivity contribution in [2.75, 3.05) is 33.5 Å². The van der Waals surface area contributed by atoms with E-state index in [2.05, 4.69) is 5.11 Å². The number of nitrogens with zero attached hydrogens (tertiary/aromatic N) is 3. The normalized spacial score (nSPS) is 21.8. The molecule has 162 valence electrons. The van der Waals surface area contributed by atoms with Crippen LogP contribution in [-0.2, 0) is 19.0 Å². The van der Waals surface area contributed by atoms with E-state index in [1.54, 1.807) is 0 Å². The van der Waals surface area contributed by atoms with Gasteiger partial charge in [0.2, 0.25) is 18.1 Å². The second-order valence-electron chi connectivity index (χ2n) is 7.49. The first-order valence-corrected chi connectivity index (χ1v) is 9.74. The molecule has 1 aliphatic carbocycles. The molecule has 4 rings (SSSR count). The van der Waals surface area contributed by atoms with Crippen LogP contribution in [0.4, 0.5) is 4.79 Å². The number of rotatable bonds is 4. The van der Waals surface area contributed by atoms with Crippen LogP contribution in [-0.4, -0.2) is 56.7 Å². The Labute approximate surface area is 171 Å². The van der Waals surface area contributed by atoms with Gasteiger partial charge in [0, 0.05) is 18.5 Å². The van der Waals surface area contributed by atoms with Gasteiger partial charge in [0.25, 0.3) is 5.35 Å². The summed E-state index contributed by atoms with van der Waals surface area (Å²) in [5.41, 5.74) is -0.912. The molecule has 1 saturated heterocycles. The highest BCUT2D eigenvalue weighted by atomic mass is 16.7. The highest BCUT2D eigenvalue weighted by Crippen LogP contribution is 2.39. The van der Waals surface area contributed by atoms with Gasteiger partial charge in [0.1, 0.15) is 12.0 Å². The van der Waals surface area contributed by atoms with Gasteiger partial charge in [0.05, 0.1) is 20.3 Å². The Morgan fingerprint density at radius 2 is 2.13 bits per heavy atom. The third-order valence-electron chi connectivity index (χ3n) is 5.69.